The van der Waals surface area contributed by atoms with Crippen molar-refractivity contribution in [2.45, 2.75) is 37.6 Å². The Morgan fingerprint density at radius 2 is 1.73 bits per heavy atom. The molecule has 0 unspecified atom stereocenters. The number of benzene rings is 2. The lowest BCUT2D eigenvalue weighted by atomic mass is 10.1. The molecule has 0 radical (unpaired) electrons. The number of aliphatic hydroxyl groups is 1. The molecule has 0 fully saturated rings. The van der Waals surface area contributed by atoms with Crippen molar-refractivity contribution in [2.24, 2.45) is 0 Å². The fourth-order valence-electron chi connectivity index (χ4n) is 3.60. The fourth-order valence-corrected chi connectivity index (χ4v) is 3.60. The number of amides is 3. The van der Waals surface area contributed by atoms with Crippen LogP contribution in [-0.2, 0) is 14.4 Å². The van der Waals surface area contributed by atoms with Gasteiger partial charge < -0.3 is 20.6 Å². The minimum Gasteiger partial charge on any atom is -0.378 e. The molecule has 174 valence electrons. The highest BCUT2D eigenvalue weighted by molar-refractivity contribution is 5.93. The Morgan fingerprint density at radius 3 is 2.36 bits per heavy atom. The van der Waals surface area contributed by atoms with Gasteiger partial charge in [0.05, 0.1) is 6.04 Å². The first-order chi connectivity index (χ1) is 15.7. The van der Waals surface area contributed by atoms with Crippen LogP contribution >= 0.6 is 0 Å². The van der Waals surface area contributed by atoms with Crippen molar-refractivity contribution in [3.05, 3.63) is 83.4 Å². The summed E-state index contributed by atoms with van der Waals surface area (Å²) >= 11 is 0. The van der Waals surface area contributed by atoms with Crippen LogP contribution in [0, 0.1) is 11.6 Å². The second kappa shape index (κ2) is 10.4. The van der Waals surface area contributed by atoms with Gasteiger partial charge in [-0.05, 0) is 36.6 Å². The Morgan fingerprint density at radius 1 is 1.09 bits per heavy atom. The lowest BCUT2D eigenvalue weighted by molar-refractivity contribution is -0.137. The molecule has 4 atom stereocenters. The molecular weight excluding hydrogens is 432 g/mol. The number of rotatable bonds is 6. The summed E-state index contributed by atoms with van der Waals surface area (Å²) in [7, 11) is 1.65. The van der Waals surface area contributed by atoms with Gasteiger partial charge in [-0.3, -0.25) is 14.4 Å². The molecule has 3 N–H and O–H groups in total. The highest BCUT2D eigenvalue weighted by Crippen LogP contribution is 2.25. The molecular formula is C24H25F2N3O4. The minimum atomic E-state index is -1.87. The summed E-state index contributed by atoms with van der Waals surface area (Å²) in [5.74, 6) is -3.83. The number of halogens is 2. The van der Waals surface area contributed by atoms with E-state index in [4.69, 9.17) is 0 Å². The molecule has 33 heavy (non-hydrogen) atoms. The van der Waals surface area contributed by atoms with Gasteiger partial charge in [-0.1, -0.05) is 42.5 Å². The molecule has 0 bridgehead atoms. The SMILES string of the molecule is C[C@H](NC(=O)[C@H](O)c1cc(F)cc(F)c1)C(=O)N[C@H]1CC=C[C@@H](c2ccccc2)N(C)C1=O. The normalized spacial score (nSPS) is 20.0. The van der Waals surface area contributed by atoms with Gasteiger partial charge >= 0.3 is 0 Å². The first-order valence-electron chi connectivity index (χ1n) is 10.4. The predicted molar refractivity (Wildman–Crippen MR) is 117 cm³/mol. The third-order valence-corrected chi connectivity index (χ3v) is 5.41. The van der Waals surface area contributed by atoms with Crippen molar-refractivity contribution in [3.63, 3.8) is 0 Å². The van der Waals surface area contributed by atoms with Gasteiger partial charge in [0, 0.05) is 13.1 Å². The van der Waals surface area contributed by atoms with Crippen molar-refractivity contribution in [2.75, 3.05) is 7.05 Å². The second-order valence-corrected chi connectivity index (χ2v) is 7.87. The van der Waals surface area contributed by atoms with Crippen LogP contribution in [0.4, 0.5) is 8.78 Å². The molecule has 1 aliphatic rings. The third kappa shape index (κ3) is 5.81. The van der Waals surface area contributed by atoms with Crippen molar-refractivity contribution < 1.29 is 28.3 Å². The van der Waals surface area contributed by atoms with Crippen molar-refractivity contribution in [3.8, 4) is 0 Å². The van der Waals surface area contributed by atoms with Crippen LogP contribution in [0.25, 0.3) is 0 Å². The van der Waals surface area contributed by atoms with E-state index in [1.165, 1.54) is 11.8 Å². The Kier molecular flexibility index (Phi) is 7.55. The number of nitrogens with zero attached hydrogens (tertiary/aromatic N) is 1. The standard InChI is InChI=1S/C24H25F2N3O4/c1-14(27-23(32)21(30)16-11-17(25)13-18(26)12-16)22(31)28-19-9-6-10-20(29(2)24(19)33)15-7-4-3-5-8-15/h3-8,10-14,19-21,30H,9H2,1-2H3,(H,27,32)(H,28,31)/t14-,19-,20-,21+/m0/s1. The van der Waals surface area contributed by atoms with Gasteiger partial charge in [0.1, 0.15) is 23.7 Å². The van der Waals surface area contributed by atoms with Crippen LogP contribution < -0.4 is 10.6 Å². The number of hydrogen-bond acceptors (Lipinski definition) is 4. The number of likely N-dealkylation sites (N-methyl/N-ethyl adjacent to an activating group) is 1. The highest BCUT2D eigenvalue weighted by Gasteiger charge is 2.31. The molecule has 3 amide bonds. The lowest BCUT2D eigenvalue weighted by Crippen LogP contribution is -2.53. The molecule has 0 saturated carbocycles. The minimum absolute atomic E-state index is 0.268. The zero-order chi connectivity index (χ0) is 24.1. The first kappa shape index (κ1) is 24.1. The number of aliphatic hydroxyl groups excluding tert-OH is 1. The molecule has 0 aliphatic carbocycles. The summed E-state index contributed by atoms with van der Waals surface area (Å²) in [6.45, 7) is 1.37. The summed E-state index contributed by atoms with van der Waals surface area (Å²) in [5, 5.41) is 15.0. The lowest BCUT2D eigenvalue weighted by Gasteiger charge is -2.28. The highest BCUT2D eigenvalue weighted by atomic mass is 19.1. The quantitative estimate of drug-likeness (QED) is 0.579. The van der Waals surface area contributed by atoms with Gasteiger partial charge in [-0.15, -0.1) is 0 Å². The fraction of sp³-hybridized carbons (Fsp3) is 0.292. The van der Waals surface area contributed by atoms with Crippen LogP contribution in [0.2, 0.25) is 0 Å². The van der Waals surface area contributed by atoms with E-state index in [2.05, 4.69) is 10.6 Å². The van der Waals surface area contributed by atoms with E-state index in [0.29, 0.717) is 6.07 Å². The second-order valence-electron chi connectivity index (χ2n) is 7.87. The van der Waals surface area contributed by atoms with Gasteiger partial charge in [-0.2, -0.15) is 0 Å². The number of hydrogen-bond donors (Lipinski definition) is 3. The predicted octanol–water partition coefficient (Wildman–Crippen LogP) is 2.15. The summed E-state index contributed by atoms with van der Waals surface area (Å²) < 4.78 is 26.7. The van der Waals surface area contributed by atoms with Crippen molar-refractivity contribution in [1.82, 2.24) is 15.5 Å². The maximum absolute atomic E-state index is 13.4. The van der Waals surface area contributed by atoms with E-state index in [9.17, 15) is 28.3 Å². The molecule has 0 spiro atoms. The summed E-state index contributed by atoms with van der Waals surface area (Å²) in [6, 6.07) is 9.49. The largest absolute Gasteiger partial charge is 0.378 e. The molecule has 7 nitrogen and oxygen atoms in total. The van der Waals surface area contributed by atoms with E-state index in [1.54, 1.807) is 7.05 Å². The summed E-state index contributed by atoms with van der Waals surface area (Å²) in [5.41, 5.74) is 0.648. The Bertz CT molecular complexity index is 1040. The van der Waals surface area contributed by atoms with Gasteiger partial charge in [0.2, 0.25) is 11.8 Å². The molecule has 1 aliphatic heterocycles. The Hall–Kier alpha value is -3.59. The molecule has 2 aromatic rings. The van der Waals surface area contributed by atoms with Gasteiger partial charge in [-0.25, -0.2) is 8.78 Å². The van der Waals surface area contributed by atoms with Crippen LogP contribution in [0.15, 0.2) is 60.7 Å². The van der Waals surface area contributed by atoms with E-state index < -0.39 is 41.6 Å². The monoisotopic (exact) mass is 457 g/mol. The smallest absolute Gasteiger partial charge is 0.254 e. The van der Waals surface area contributed by atoms with Crippen molar-refractivity contribution >= 4 is 17.7 Å². The van der Waals surface area contributed by atoms with Crippen molar-refractivity contribution in [1.29, 1.82) is 0 Å². The summed E-state index contributed by atoms with van der Waals surface area (Å²) in [4.78, 5) is 39.4. The molecule has 3 rings (SSSR count). The maximum Gasteiger partial charge on any atom is 0.254 e. The Labute approximate surface area is 190 Å². The number of carbonyl (C=O) groups is 3. The molecule has 0 saturated heterocycles. The van der Waals surface area contributed by atoms with E-state index in [-0.39, 0.29) is 23.9 Å². The van der Waals surface area contributed by atoms with E-state index in [0.717, 1.165) is 17.7 Å². The van der Waals surface area contributed by atoms with E-state index >= 15 is 0 Å². The van der Waals surface area contributed by atoms with Crippen LogP contribution in [0.3, 0.4) is 0 Å². The number of carbonyl (C=O) groups excluding carboxylic acids is 3. The first-order valence-corrected chi connectivity index (χ1v) is 10.4. The van der Waals surface area contributed by atoms with Crippen LogP contribution in [0.1, 0.15) is 36.6 Å². The zero-order valence-electron chi connectivity index (χ0n) is 18.2. The van der Waals surface area contributed by atoms with Gasteiger partial charge in [0.15, 0.2) is 6.10 Å². The van der Waals surface area contributed by atoms with Gasteiger partial charge in [0.25, 0.3) is 5.91 Å². The van der Waals surface area contributed by atoms with Crippen LogP contribution in [0.5, 0.6) is 0 Å². The van der Waals surface area contributed by atoms with Crippen LogP contribution in [-0.4, -0.2) is 46.9 Å². The molecule has 9 heteroatoms. The zero-order valence-corrected chi connectivity index (χ0v) is 18.2. The molecule has 2 aromatic carbocycles. The number of nitrogens with one attached hydrogen (secondary N) is 2. The average molecular weight is 457 g/mol. The molecule has 0 aromatic heterocycles. The third-order valence-electron chi connectivity index (χ3n) is 5.41. The Balaban J connectivity index is 1.61. The maximum atomic E-state index is 13.4. The van der Waals surface area contributed by atoms with E-state index in [1.807, 2.05) is 42.5 Å². The topological polar surface area (TPSA) is 98.7 Å². The molecule has 1 heterocycles. The average Bonchev–Trinajstić information content (AvgIpc) is 2.92. The summed E-state index contributed by atoms with van der Waals surface area (Å²) in [6.07, 6.45) is 2.10.